The second kappa shape index (κ2) is 6.61. The Bertz CT molecular complexity index is 621. The van der Waals surface area contributed by atoms with Crippen LogP contribution in [0.3, 0.4) is 0 Å². The van der Waals surface area contributed by atoms with Gasteiger partial charge in [-0.25, -0.2) is 8.78 Å². The Labute approximate surface area is 124 Å². The molecule has 0 radical (unpaired) electrons. The van der Waals surface area contributed by atoms with E-state index in [1.165, 1.54) is 24.3 Å². The summed E-state index contributed by atoms with van der Waals surface area (Å²) in [5.41, 5.74) is 4.06. The van der Waals surface area contributed by atoms with Crippen LogP contribution in [0, 0.1) is 11.6 Å². The van der Waals surface area contributed by atoms with Crippen molar-refractivity contribution in [2.24, 2.45) is 4.99 Å². The number of fused-ring (bicyclic) bond motifs is 3. The molecule has 3 heteroatoms. The quantitative estimate of drug-likeness (QED) is 0.613. The third kappa shape index (κ3) is 2.87. The van der Waals surface area contributed by atoms with Crippen LogP contribution in [0.2, 0.25) is 0 Å². The van der Waals surface area contributed by atoms with Gasteiger partial charge in [-0.3, -0.25) is 4.99 Å². The zero-order valence-electron chi connectivity index (χ0n) is 12.6. The number of benzene rings is 2. The van der Waals surface area contributed by atoms with Crippen molar-refractivity contribution in [2.75, 3.05) is 6.54 Å². The molecule has 0 bridgehead atoms. The fourth-order valence-electron chi connectivity index (χ4n) is 2.43. The molecule has 0 atom stereocenters. The number of aliphatic imine (C=N–C) groups is 1. The van der Waals surface area contributed by atoms with Crippen LogP contribution in [0.1, 0.15) is 38.3 Å². The summed E-state index contributed by atoms with van der Waals surface area (Å²) in [5, 5.41) is 0. The van der Waals surface area contributed by atoms with Crippen LogP contribution in [-0.4, -0.2) is 12.3 Å². The van der Waals surface area contributed by atoms with Crippen LogP contribution >= 0.6 is 0 Å². The minimum Gasteiger partial charge on any atom is -0.284 e. The number of hydrogen-bond acceptors (Lipinski definition) is 1. The van der Waals surface area contributed by atoms with Crippen molar-refractivity contribution in [3.8, 4) is 11.1 Å². The Morgan fingerprint density at radius 1 is 0.810 bits per heavy atom. The predicted octanol–water partition coefficient (Wildman–Crippen LogP) is 5.22. The molecule has 0 unspecified atom stereocenters. The van der Waals surface area contributed by atoms with Crippen molar-refractivity contribution < 1.29 is 8.78 Å². The first-order valence-electron chi connectivity index (χ1n) is 7.35. The van der Waals surface area contributed by atoms with E-state index in [9.17, 15) is 8.78 Å². The largest absolute Gasteiger partial charge is 0.284 e. The first-order chi connectivity index (χ1) is 10.2. The molecule has 1 aliphatic carbocycles. The zero-order valence-corrected chi connectivity index (χ0v) is 12.6. The minimum atomic E-state index is -0.295. The predicted molar refractivity (Wildman–Crippen MR) is 83.9 cm³/mol. The second-order valence-electron chi connectivity index (χ2n) is 4.61. The molecule has 0 spiro atoms. The molecule has 0 saturated heterocycles. The topological polar surface area (TPSA) is 12.4 Å². The summed E-state index contributed by atoms with van der Waals surface area (Å²) in [7, 11) is 0. The molecule has 0 heterocycles. The van der Waals surface area contributed by atoms with E-state index >= 15 is 0 Å². The van der Waals surface area contributed by atoms with Crippen LogP contribution in [-0.2, 0) is 0 Å². The highest BCUT2D eigenvalue weighted by molar-refractivity contribution is 6.24. The summed E-state index contributed by atoms with van der Waals surface area (Å²) < 4.78 is 26.9. The standard InChI is InChI=1S/C16H13F2N.C2H6/c1-2-7-19-16-14-8-10(17)3-5-12(14)13-6-4-11(18)9-15(13)16;1-2/h3-6,8-9H,2,7H2,1H3;1-2H3. The highest BCUT2D eigenvalue weighted by Gasteiger charge is 2.25. The third-order valence-corrected chi connectivity index (χ3v) is 3.26. The first kappa shape index (κ1) is 15.4. The van der Waals surface area contributed by atoms with Gasteiger partial charge in [0.2, 0.25) is 0 Å². The van der Waals surface area contributed by atoms with Gasteiger partial charge in [0.05, 0.1) is 5.71 Å². The summed E-state index contributed by atoms with van der Waals surface area (Å²) in [5.74, 6) is -0.590. The van der Waals surface area contributed by atoms with E-state index in [1.54, 1.807) is 12.1 Å². The van der Waals surface area contributed by atoms with Gasteiger partial charge in [-0.2, -0.15) is 0 Å². The van der Waals surface area contributed by atoms with E-state index in [0.29, 0.717) is 12.3 Å². The van der Waals surface area contributed by atoms with E-state index < -0.39 is 0 Å². The highest BCUT2D eigenvalue weighted by Crippen LogP contribution is 2.37. The van der Waals surface area contributed by atoms with Crippen molar-refractivity contribution in [1.82, 2.24) is 0 Å². The minimum absolute atomic E-state index is 0.295. The lowest BCUT2D eigenvalue weighted by Gasteiger charge is -2.01. The summed E-state index contributed by atoms with van der Waals surface area (Å²) >= 11 is 0. The van der Waals surface area contributed by atoms with E-state index in [-0.39, 0.29) is 11.6 Å². The maximum Gasteiger partial charge on any atom is 0.123 e. The smallest absolute Gasteiger partial charge is 0.123 e. The van der Waals surface area contributed by atoms with Crippen molar-refractivity contribution in [3.63, 3.8) is 0 Å². The third-order valence-electron chi connectivity index (χ3n) is 3.26. The van der Waals surface area contributed by atoms with Crippen LogP contribution in [0.4, 0.5) is 8.78 Å². The Hall–Kier alpha value is -2.03. The normalized spacial score (nSPS) is 11.4. The van der Waals surface area contributed by atoms with Gasteiger partial charge in [-0.05, 0) is 41.8 Å². The Morgan fingerprint density at radius 3 is 1.71 bits per heavy atom. The summed E-state index contributed by atoms with van der Waals surface area (Å²) in [4.78, 5) is 4.49. The molecule has 0 aromatic heterocycles. The number of hydrogen-bond donors (Lipinski definition) is 0. The molecule has 0 saturated carbocycles. The van der Waals surface area contributed by atoms with Crippen molar-refractivity contribution >= 4 is 5.71 Å². The lowest BCUT2D eigenvalue weighted by atomic mass is 10.1. The summed E-state index contributed by atoms with van der Waals surface area (Å²) in [6, 6.07) is 9.26. The van der Waals surface area contributed by atoms with Crippen molar-refractivity contribution in [1.29, 1.82) is 0 Å². The average molecular weight is 287 g/mol. The number of rotatable bonds is 2. The average Bonchev–Trinajstić information content (AvgIpc) is 2.79. The number of halogens is 2. The van der Waals surface area contributed by atoms with Crippen LogP contribution in [0.5, 0.6) is 0 Å². The first-order valence-corrected chi connectivity index (χ1v) is 7.35. The molecule has 0 amide bonds. The Balaban J connectivity index is 0.000000774. The molecule has 1 aliphatic rings. The van der Waals surface area contributed by atoms with E-state index in [0.717, 1.165) is 28.7 Å². The van der Waals surface area contributed by atoms with Gasteiger partial charge in [0, 0.05) is 17.7 Å². The lowest BCUT2D eigenvalue weighted by molar-refractivity contribution is 0.627. The van der Waals surface area contributed by atoms with Gasteiger partial charge < -0.3 is 0 Å². The summed E-state index contributed by atoms with van der Waals surface area (Å²) in [6.45, 7) is 6.68. The molecular formula is C18H19F2N. The van der Waals surface area contributed by atoms with E-state index in [1.807, 2.05) is 20.8 Å². The highest BCUT2D eigenvalue weighted by atomic mass is 19.1. The summed E-state index contributed by atoms with van der Waals surface area (Å²) in [6.07, 6.45) is 0.902. The maximum atomic E-state index is 13.4. The van der Waals surface area contributed by atoms with Gasteiger partial charge in [0.1, 0.15) is 11.6 Å². The molecule has 0 aliphatic heterocycles. The van der Waals surface area contributed by atoms with E-state index in [2.05, 4.69) is 4.99 Å². The fourth-order valence-corrected chi connectivity index (χ4v) is 2.43. The molecule has 2 aromatic rings. The van der Waals surface area contributed by atoms with Gasteiger partial charge in [0.25, 0.3) is 0 Å². The molecule has 0 N–H and O–H groups in total. The van der Waals surface area contributed by atoms with Gasteiger partial charge in [0.15, 0.2) is 0 Å². The number of nitrogens with zero attached hydrogens (tertiary/aromatic N) is 1. The van der Waals surface area contributed by atoms with Crippen molar-refractivity contribution in [2.45, 2.75) is 27.2 Å². The Kier molecular flexibility index (Phi) is 4.84. The maximum absolute atomic E-state index is 13.4. The monoisotopic (exact) mass is 287 g/mol. The lowest BCUT2D eigenvalue weighted by Crippen LogP contribution is -2.00. The zero-order chi connectivity index (χ0) is 15.4. The van der Waals surface area contributed by atoms with Crippen LogP contribution < -0.4 is 0 Å². The second-order valence-corrected chi connectivity index (χ2v) is 4.61. The molecule has 0 fully saturated rings. The molecule has 1 nitrogen and oxygen atoms in total. The molecule has 3 rings (SSSR count). The van der Waals surface area contributed by atoms with Crippen LogP contribution in [0.15, 0.2) is 41.4 Å². The SMILES string of the molecule is CC.CCCN=C1c2cc(F)ccc2-c2ccc(F)cc21. The fraction of sp³-hybridized carbons (Fsp3) is 0.278. The van der Waals surface area contributed by atoms with Gasteiger partial charge >= 0.3 is 0 Å². The van der Waals surface area contributed by atoms with Gasteiger partial charge in [-0.1, -0.05) is 32.9 Å². The Morgan fingerprint density at radius 2 is 1.29 bits per heavy atom. The van der Waals surface area contributed by atoms with Gasteiger partial charge in [-0.15, -0.1) is 0 Å². The van der Waals surface area contributed by atoms with Crippen molar-refractivity contribution in [3.05, 3.63) is 59.2 Å². The molecule has 110 valence electrons. The molecule has 21 heavy (non-hydrogen) atoms. The molecule has 2 aromatic carbocycles. The van der Waals surface area contributed by atoms with E-state index in [4.69, 9.17) is 0 Å². The van der Waals surface area contributed by atoms with Crippen LogP contribution in [0.25, 0.3) is 11.1 Å². The molecular weight excluding hydrogens is 268 g/mol.